The average molecular weight is 267 g/mol. The number of piperidine rings is 1. The molecule has 5 heteroatoms. The molecule has 100 valence electrons. The molecule has 1 amide bonds. The van der Waals surface area contributed by atoms with E-state index in [-0.39, 0.29) is 11.8 Å². The molecule has 2 heterocycles. The summed E-state index contributed by atoms with van der Waals surface area (Å²) in [5.74, 6) is 0.393. The number of nitrogens with zero attached hydrogens (tertiary/aromatic N) is 2. The summed E-state index contributed by atoms with van der Waals surface area (Å²) >= 11 is 1.70. The molecule has 2 rings (SSSR count). The van der Waals surface area contributed by atoms with E-state index in [0.29, 0.717) is 6.54 Å². The van der Waals surface area contributed by atoms with Gasteiger partial charge in [-0.3, -0.25) is 4.79 Å². The first-order valence-corrected chi connectivity index (χ1v) is 7.41. The third-order valence-electron chi connectivity index (χ3n) is 3.34. The molecule has 0 bridgehead atoms. The largest absolute Gasteiger partial charge is 0.339 e. The second-order valence-electron chi connectivity index (χ2n) is 4.81. The van der Waals surface area contributed by atoms with Crippen LogP contribution in [0.5, 0.6) is 0 Å². The maximum atomic E-state index is 12.2. The van der Waals surface area contributed by atoms with Gasteiger partial charge in [-0.1, -0.05) is 6.92 Å². The molecule has 1 unspecified atom stereocenters. The average Bonchev–Trinajstić information content (AvgIpc) is 2.86. The summed E-state index contributed by atoms with van der Waals surface area (Å²) in [6.07, 6.45) is 5.04. The quantitative estimate of drug-likeness (QED) is 0.902. The van der Waals surface area contributed by atoms with E-state index < -0.39 is 0 Å². The number of hydrogen-bond donors (Lipinski definition) is 1. The highest BCUT2D eigenvalue weighted by atomic mass is 32.1. The number of hydrogen-bond acceptors (Lipinski definition) is 4. The second kappa shape index (κ2) is 6.29. The fraction of sp³-hybridized carbons (Fsp3) is 0.692. The molecule has 0 saturated carbocycles. The van der Waals surface area contributed by atoms with Gasteiger partial charge in [-0.15, -0.1) is 11.3 Å². The fourth-order valence-corrected chi connectivity index (χ4v) is 3.16. The molecule has 0 spiro atoms. The Bertz CT molecular complexity index is 399. The van der Waals surface area contributed by atoms with E-state index >= 15 is 0 Å². The number of carbonyl (C=O) groups is 1. The van der Waals surface area contributed by atoms with E-state index in [2.05, 4.69) is 17.2 Å². The Balaban J connectivity index is 1.89. The SMILES string of the molecule is CCc1cnc(CN(C)C(=O)C2CCCNC2)s1. The molecule has 1 aliphatic heterocycles. The van der Waals surface area contributed by atoms with Gasteiger partial charge in [0.05, 0.1) is 12.5 Å². The molecule has 0 aromatic carbocycles. The number of amides is 1. The molecule has 4 nitrogen and oxygen atoms in total. The van der Waals surface area contributed by atoms with Gasteiger partial charge in [0.1, 0.15) is 5.01 Å². The lowest BCUT2D eigenvalue weighted by molar-refractivity contribution is -0.135. The monoisotopic (exact) mass is 267 g/mol. The van der Waals surface area contributed by atoms with Crippen molar-refractivity contribution < 1.29 is 4.79 Å². The summed E-state index contributed by atoms with van der Waals surface area (Å²) in [6, 6.07) is 0. The molecule has 18 heavy (non-hydrogen) atoms. The summed E-state index contributed by atoms with van der Waals surface area (Å²) in [7, 11) is 1.88. The van der Waals surface area contributed by atoms with Crippen LogP contribution in [-0.2, 0) is 17.8 Å². The van der Waals surface area contributed by atoms with Gasteiger partial charge < -0.3 is 10.2 Å². The number of aromatic nitrogens is 1. The predicted octanol–water partition coefficient (Wildman–Crippen LogP) is 1.66. The Morgan fingerprint density at radius 3 is 3.11 bits per heavy atom. The Labute approximate surface area is 112 Å². The van der Waals surface area contributed by atoms with Gasteiger partial charge in [-0.2, -0.15) is 0 Å². The van der Waals surface area contributed by atoms with Crippen LogP contribution in [0.15, 0.2) is 6.20 Å². The van der Waals surface area contributed by atoms with Crippen molar-refractivity contribution in [1.29, 1.82) is 0 Å². The summed E-state index contributed by atoms with van der Waals surface area (Å²) in [6.45, 7) is 4.63. The Hall–Kier alpha value is -0.940. The van der Waals surface area contributed by atoms with E-state index in [1.807, 2.05) is 18.1 Å². The van der Waals surface area contributed by atoms with E-state index in [1.54, 1.807) is 11.3 Å². The summed E-state index contributed by atoms with van der Waals surface area (Å²) < 4.78 is 0. The smallest absolute Gasteiger partial charge is 0.227 e. The molecule has 1 aliphatic rings. The van der Waals surface area contributed by atoms with Gasteiger partial charge in [0.15, 0.2) is 0 Å². The third kappa shape index (κ3) is 3.29. The summed E-state index contributed by atoms with van der Waals surface area (Å²) in [5, 5.41) is 4.32. The number of aryl methyl sites for hydroxylation is 1. The van der Waals surface area contributed by atoms with Gasteiger partial charge in [-0.25, -0.2) is 4.98 Å². The number of nitrogens with one attached hydrogen (secondary N) is 1. The zero-order valence-corrected chi connectivity index (χ0v) is 11.9. The van der Waals surface area contributed by atoms with Crippen LogP contribution in [0.1, 0.15) is 29.7 Å². The minimum Gasteiger partial charge on any atom is -0.339 e. The highest BCUT2D eigenvalue weighted by molar-refractivity contribution is 7.11. The van der Waals surface area contributed by atoms with E-state index in [9.17, 15) is 4.79 Å². The van der Waals surface area contributed by atoms with Crippen LogP contribution >= 0.6 is 11.3 Å². The van der Waals surface area contributed by atoms with Crippen LogP contribution in [0.3, 0.4) is 0 Å². The summed E-state index contributed by atoms with van der Waals surface area (Å²) in [5.41, 5.74) is 0. The van der Waals surface area contributed by atoms with Gasteiger partial charge in [0.2, 0.25) is 5.91 Å². The van der Waals surface area contributed by atoms with Crippen molar-refractivity contribution in [3.63, 3.8) is 0 Å². The van der Waals surface area contributed by atoms with E-state index in [0.717, 1.165) is 37.4 Å². The minimum atomic E-state index is 0.148. The zero-order chi connectivity index (χ0) is 13.0. The topological polar surface area (TPSA) is 45.2 Å². The molecule has 1 aromatic rings. The number of carbonyl (C=O) groups excluding carboxylic acids is 1. The van der Waals surface area contributed by atoms with Crippen molar-refractivity contribution in [2.75, 3.05) is 20.1 Å². The van der Waals surface area contributed by atoms with Gasteiger partial charge >= 0.3 is 0 Å². The van der Waals surface area contributed by atoms with Crippen LogP contribution in [0.4, 0.5) is 0 Å². The van der Waals surface area contributed by atoms with E-state index in [4.69, 9.17) is 0 Å². The predicted molar refractivity (Wildman–Crippen MR) is 73.6 cm³/mol. The van der Waals surface area contributed by atoms with Gasteiger partial charge in [0, 0.05) is 24.7 Å². The lowest BCUT2D eigenvalue weighted by Crippen LogP contribution is -2.41. The molecule has 1 N–H and O–H groups in total. The molecule has 1 aromatic heterocycles. The first-order valence-electron chi connectivity index (χ1n) is 6.60. The lowest BCUT2D eigenvalue weighted by Gasteiger charge is -2.26. The molecule has 1 atom stereocenters. The Morgan fingerprint density at radius 1 is 1.67 bits per heavy atom. The normalized spacial score (nSPS) is 19.8. The van der Waals surface area contributed by atoms with Crippen LogP contribution in [0.2, 0.25) is 0 Å². The highest BCUT2D eigenvalue weighted by Crippen LogP contribution is 2.17. The number of thiazole rings is 1. The summed E-state index contributed by atoms with van der Waals surface area (Å²) in [4.78, 5) is 19.7. The Morgan fingerprint density at radius 2 is 2.50 bits per heavy atom. The molecule has 1 fully saturated rings. The van der Waals surface area contributed by atoms with Gasteiger partial charge in [0.25, 0.3) is 0 Å². The van der Waals surface area contributed by atoms with Crippen LogP contribution < -0.4 is 5.32 Å². The first kappa shape index (κ1) is 13.5. The standard InChI is InChI=1S/C13H21N3OS/c1-3-11-8-15-12(18-11)9-16(2)13(17)10-5-4-6-14-7-10/h8,10,14H,3-7,9H2,1-2H3. The molecular formula is C13H21N3OS. The van der Waals surface area contributed by atoms with Crippen molar-refractivity contribution in [3.05, 3.63) is 16.1 Å². The van der Waals surface area contributed by atoms with Crippen LogP contribution in [0, 0.1) is 5.92 Å². The zero-order valence-electron chi connectivity index (χ0n) is 11.1. The van der Waals surface area contributed by atoms with Crippen molar-refractivity contribution in [2.45, 2.75) is 32.7 Å². The highest BCUT2D eigenvalue weighted by Gasteiger charge is 2.24. The fourth-order valence-electron chi connectivity index (χ4n) is 2.24. The van der Waals surface area contributed by atoms with E-state index in [1.165, 1.54) is 4.88 Å². The maximum Gasteiger partial charge on any atom is 0.227 e. The maximum absolute atomic E-state index is 12.2. The van der Waals surface area contributed by atoms with Crippen LogP contribution in [0.25, 0.3) is 0 Å². The number of rotatable bonds is 4. The molecular weight excluding hydrogens is 246 g/mol. The molecule has 0 aliphatic carbocycles. The van der Waals surface area contributed by atoms with Crippen molar-refractivity contribution in [1.82, 2.24) is 15.2 Å². The minimum absolute atomic E-state index is 0.148. The first-order chi connectivity index (χ1) is 8.70. The van der Waals surface area contributed by atoms with Crippen LogP contribution in [-0.4, -0.2) is 35.9 Å². The third-order valence-corrected chi connectivity index (χ3v) is 4.47. The molecule has 1 saturated heterocycles. The van der Waals surface area contributed by atoms with Crippen molar-refractivity contribution in [2.24, 2.45) is 5.92 Å². The second-order valence-corrected chi connectivity index (χ2v) is 6.01. The van der Waals surface area contributed by atoms with Crippen molar-refractivity contribution >= 4 is 17.2 Å². The Kier molecular flexibility index (Phi) is 4.72. The van der Waals surface area contributed by atoms with Gasteiger partial charge in [-0.05, 0) is 25.8 Å². The molecule has 0 radical (unpaired) electrons. The lowest BCUT2D eigenvalue weighted by atomic mass is 9.98. The van der Waals surface area contributed by atoms with Crippen molar-refractivity contribution in [3.8, 4) is 0 Å².